The summed E-state index contributed by atoms with van der Waals surface area (Å²) in [6.07, 6.45) is 2.97. The monoisotopic (exact) mass is 467 g/mol. The third kappa shape index (κ3) is 5.56. The quantitative estimate of drug-likeness (QED) is 0.534. The molecule has 1 aliphatic heterocycles. The highest BCUT2D eigenvalue weighted by Gasteiger charge is 2.29. The van der Waals surface area contributed by atoms with Crippen molar-refractivity contribution >= 4 is 29.1 Å². The van der Waals surface area contributed by atoms with E-state index in [0.717, 1.165) is 18.4 Å². The third-order valence-electron chi connectivity index (χ3n) is 5.73. The lowest BCUT2D eigenvalue weighted by Crippen LogP contribution is -2.47. The number of benzene rings is 2. The zero-order chi connectivity index (χ0) is 23.2. The predicted molar refractivity (Wildman–Crippen MR) is 127 cm³/mol. The number of ether oxygens (including phenoxy) is 1. The summed E-state index contributed by atoms with van der Waals surface area (Å²) < 4.78 is 10.4. The Labute approximate surface area is 197 Å². The second-order valence-electron chi connectivity index (χ2n) is 7.89. The van der Waals surface area contributed by atoms with Gasteiger partial charge >= 0.3 is 0 Å². The fraction of sp³-hybridized carbons (Fsp3) is 0.280. The summed E-state index contributed by atoms with van der Waals surface area (Å²) in [5.41, 5.74) is 1.45. The molecule has 2 aromatic carbocycles. The van der Waals surface area contributed by atoms with E-state index in [2.05, 4.69) is 10.6 Å². The Hall–Kier alpha value is -3.29. The first kappa shape index (κ1) is 22.9. The largest absolute Gasteiger partial charge is 0.495 e. The zero-order valence-corrected chi connectivity index (χ0v) is 19.0. The molecule has 172 valence electrons. The SMILES string of the molecule is COc1ccc(NC(=O)C(NC2CCN(C(=O)c3ccco3)CC2)c2ccccc2)cc1Cl. The van der Waals surface area contributed by atoms with Crippen LogP contribution in [0.15, 0.2) is 71.3 Å². The van der Waals surface area contributed by atoms with E-state index in [1.807, 2.05) is 30.3 Å². The standard InChI is InChI=1S/C25H26ClN3O4/c1-32-21-10-9-19(16-20(21)26)28-24(30)23(17-6-3-2-4-7-17)27-18-11-13-29(14-12-18)25(31)22-8-5-15-33-22/h2-10,15-16,18,23,27H,11-14H2,1H3,(H,28,30). The molecule has 1 fully saturated rings. The molecular formula is C25H26ClN3O4. The molecule has 0 radical (unpaired) electrons. The summed E-state index contributed by atoms with van der Waals surface area (Å²) in [6.45, 7) is 1.18. The van der Waals surface area contributed by atoms with Crippen LogP contribution >= 0.6 is 11.6 Å². The summed E-state index contributed by atoms with van der Waals surface area (Å²) in [7, 11) is 1.54. The summed E-state index contributed by atoms with van der Waals surface area (Å²) >= 11 is 6.21. The Morgan fingerprint density at radius 1 is 1.09 bits per heavy atom. The van der Waals surface area contributed by atoms with Gasteiger partial charge in [-0.15, -0.1) is 0 Å². The van der Waals surface area contributed by atoms with Crippen molar-refractivity contribution in [2.75, 3.05) is 25.5 Å². The van der Waals surface area contributed by atoms with E-state index in [1.54, 1.807) is 42.3 Å². The second kappa shape index (κ2) is 10.6. The third-order valence-corrected chi connectivity index (χ3v) is 6.03. The van der Waals surface area contributed by atoms with Crippen molar-refractivity contribution in [2.45, 2.75) is 24.9 Å². The lowest BCUT2D eigenvalue weighted by atomic mass is 10.00. The molecule has 0 spiro atoms. The minimum Gasteiger partial charge on any atom is -0.495 e. The molecule has 3 aromatic rings. The normalized spacial score (nSPS) is 15.2. The number of hydrogen-bond acceptors (Lipinski definition) is 5. The minimum atomic E-state index is -0.551. The highest BCUT2D eigenvalue weighted by atomic mass is 35.5. The molecule has 2 amide bonds. The van der Waals surface area contributed by atoms with Crippen molar-refractivity contribution in [1.82, 2.24) is 10.2 Å². The number of amides is 2. The molecule has 33 heavy (non-hydrogen) atoms. The number of methoxy groups -OCH3 is 1. The summed E-state index contributed by atoms with van der Waals surface area (Å²) in [4.78, 5) is 27.6. The molecule has 0 saturated carbocycles. The smallest absolute Gasteiger partial charge is 0.289 e. The highest BCUT2D eigenvalue weighted by Crippen LogP contribution is 2.28. The zero-order valence-electron chi connectivity index (χ0n) is 18.3. The molecule has 2 heterocycles. The van der Waals surface area contributed by atoms with Crippen LogP contribution in [-0.4, -0.2) is 43.0 Å². The number of halogens is 1. The first-order valence-corrected chi connectivity index (χ1v) is 11.2. The first-order valence-electron chi connectivity index (χ1n) is 10.8. The lowest BCUT2D eigenvalue weighted by molar-refractivity contribution is -0.118. The molecule has 1 unspecified atom stereocenters. The molecule has 1 saturated heterocycles. The molecule has 1 aromatic heterocycles. The van der Waals surface area contributed by atoms with Crippen LogP contribution in [0.4, 0.5) is 5.69 Å². The maximum Gasteiger partial charge on any atom is 0.289 e. The van der Waals surface area contributed by atoms with Gasteiger partial charge in [-0.1, -0.05) is 41.9 Å². The minimum absolute atomic E-state index is 0.0843. The van der Waals surface area contributed by atoms with Crippen LogP contribution in [0.5, 0.6) is 5.75 Å². The predicted octanol–water partition coefficient (Wildman–Crippen LogP) is 4.52. The average molecular weight is 468 g/mol. The number of piperidine rings is 1. The van der Waals surface area contributed by atoms with Crippen molar-refractivity contribution in [3.05, 3.63) is 83.3 Å². The maximum atomic E-state index is 13.3. The van der Waals surface area contributed by atoms with E-state index < -0.39 is 6.04 Å². The van der Waals surface area contributed by atoms with Crippen molar-refractivity contribution in [1.29, 1.82) is 0 Å². The van der Waals surface area contributed by atoms with E-state index in [1.165, 1.54) is 6.26 Å². The van der Waals surface area contributed by atoms with E-state index in [9.17, 15) is 9.59 Å². The van der Waals surface area contributed by atoms with E-state index in [4.69, 9.17) is 20.8 Å². The number of hydrogen-bond donors (Lipinski definition) is 2. The van der Waals surface area contributed by atoms with Crippen LogP contribution in [0.3, 0.4) is 0 Å². The van der Waals surface area contributed by atoms with Gasteiger partial charge < -0.3 is 19.4 Å². The number of likely N-dealkylation sites (tertiary alicyclic amines) is 1. The van der Waals surface area contributed by atoms with Gasteiger partial charge in [-0.2, -0.15) is 0 Å². The van der Waals surface area contributed by atoms with Gasteiger partial charge in [-0.3, -0.25) is 14.9 Å². The van der Waals surface area contributed by atoms with E-state index >= 15 is 0 Å². The van der Waals surface area contributed by atoms with Crippen LogP contribution in [-0.2, 0) is 4.79 Å². The summed E-state index contributed by atoms with van der Waals surface area (Å²) in [6, 6.07) is 17.6. The maximum absolute atomic E-state index is 13.3. The van der Waals surface area contributed by atoms with Crippen LogP contribution in [0, 0.1) is 0 Å². The van der Waals surface area contributed by atoms with Gasteiger partial charge in [0.25, 0.3) is 5.91 Å². The van der Waals surface area contributed by atoms with Gasteiger partial charge in [-0.05, 0) is 48.7 Å². The molecule has 8 heteroatoms. The van der Waals surface area contributed by atoms with Gasteiger partial charge in [0, 0.05) is 24.8 Å². The topological polar surface area (TPSA) is 83.8 Å². The van der Waals surface area contributed by atoms with E-state index in [-0.39, 0.29) is 17.9 Å². The van der Waals surface area contributed by atoms with Crippen molar-refractivity contribution < 1.29 is 18.7 Å². The summed E-state index contributed by atoms with van der Waals surface area (Å²) in [5.74, 6) is 0.605. The Morgan fingerprint density at radius 2 is 1.85 bits per heavy atom. The number of nitrogens with zero attached hydrogens (tertiary/aromatic N) is 1. The number of rotatable bonds is 7. The molecule has 1 aliphatic rings. The number of furan rings is 1. The van der Waals surface area contributed by atoms with Gasteiger partial charge in [0.1, 0.15) is 11.8 Å². The first-order chi connectivity index (χ1) is 16.0. The van der Waals surface area contributed by atoms with Crippen molar-refractivity contribution in [3.8, 4) is 5.75 Å². The number of anilines is 1. The fourth-order valence-corrected chi connectivity index (χ4v) is 4.23. The molecule has 4 rings (SSSR count). The van der Waals surface area contributed by atoms with Gasteiger partial charge in [-0.25, -0.2) is 0 Å². The number of carbonyl (C=O) groups excluding carboxylic acids is 2. The van der Waals surface area contributed by atoms with Gasteiger partial charge in [0.05, 0.1) is 18.4 Å². The van der Waals surface area contributed by atoms with Gasteiger partial charge in [0.2, 0.25) is 5.91 Å². The van der Waals surface area contributed by atoms with Crippen LogP contribution in [0.1, 0.15) is 35.0 Å². The van der Waals surface area contributed by atoms with Gasteiger partial charge in [0.15, 0.2) is 5.76 Å². The molecular weight excluding hydrogens is 442 g/mol. The number of nitrogens with one attached hydrogen (secondary N) is 2. The molecule has 7 nitrogen and oxygen atoms in total. The van der Waals surface area contributed by atoms with Crippen molar-refractivity contribution in [3.63, 3.8) is 0 Å². The van der Waals surface area contributed by atoms with Crippen molar-refractivity contribution in [2.24, 2.45) is 0 Å². The van der Waals surface area contributed by atoms with E-state index in [0.29, 0.717) is 35.3 Å². The Bertz CT molecular complexity index is 1080. The molecule has 0 bridgehead atoms. The molecule has 2 N–H and O–H groups in total. The van der Waals surface area contributed by atoms with Crippen LogP contribution in [0.25, 0.3) is 0 Å². The number of carbonyl (C=O) groups is 2. The van der Waals surface area contributed by atoms with Crippen LogP contribution in [0.2, 0.25) is 5.02 Å². The molecule has 1 atom stereocenters. The molecule has 0 aliphatic carbocycles. The fourth-order valence-electron chi connectivity index (χ4n) is 3.97. The lowest BCUT2D eigenvalue weighted by Gasteiger charge is -2.34. The Balaban J connectivity index is 1.43. The Kier molecular flexibility index (Phi) is 7.32. The Morgan fingerprint density at radius 3 is 2.48 bits per heavy atom. The summed E-state index contributed by atoms with van der Waals surface area (Å²) in [5, 5.41) is 6.87. The van der Waals surface area contributed by atoms with Crippen LogP contribution < -0.4 is 15.4 Å². The second-order valence-corrected chi connectivity index (χ2v) is 8.30. The highest BCUT2D eigenvalue weighted by molar-refractivity contribution is 6.32. The average Bonchev–Trinajstić information content (AvgIpc) is 3.38.